The highest BCUT2D eigenvalue weighted by Gasteiger charge is 2.32. The van der Waals surface area contributed by atoms with Gasteiger partial charge in [-0.05, 0) is 54.7 Å². The fraction of sp³-hybridized carbons (Fsp3) is 0.333. The summed E-state index contributed by atoms with van der Waals surface area (Å²) in [5.41, 5.74) is 4.19. The highest BCUT2D eigenvalue weighted by molar-refractivity contribution is 5.89. The SMILES string of the molecule is COc1ccc(CN(C(=O)Cn2nnc3ccccc32)[C@@H](C(=O)NCCC(C)C)c2ccc(C)cc2)cc1. The maximum Gasteiger partial charge on any atom is 0.247 e. The van der Waals surface area contributed by atoms with Gasteiger partial charge in [0.1, 0.15) is 23.9 Å². The third kappa shape index (κ3) is 6.56. The van der Waals surface area contributed by atoms with Crippen LogP contribution in [-0.4, -0.2) is 45.4 Å². The van der Waals surface area contributed by atoms with Crippen LogP contribution in [0.25, 0.3) is 11.0 Å². The zero-order valence-electron chi connectivity index (χ0n) is 22.4. The summed E-state index contributed by atoms with van der Waals surface area (Å²) in [5, 5.41) is 11.5. The van der Waals surface area contributed by atoms with Gasteiger partial charge in [-0.25, -0.2) is 4.68 Å². The topological polar surface area (TPSA) is 89.3 Å². The smallest absolute Gasteiger partial charge is 0.247 e. The van der Waals surface area contributed by atoms with Gasteiger partial charge in [0.25, 0.3) is 0 Å². The first-order chi connectivity index (χ1) is 18.4. The van der Waals surface area contributed by atoms with Crippen LogP contribution < -0.4 is 10.1 Å². The van der Waals surface area contributed by atoms with Gasteiger partial charge < -0.3 is 15.0 Å². The van der Waals surface area contributed by atoms with Crippen LogP contribution in [-0.2, 0) is 22.7 Å². The van der Waals surface area contributed by atoms with Crippen LogP contribution in [0.3, 0.4) is 0 Å². The van der Waals surface area contributed by atoms with Crippen molar-refractivity contribution in [2.75, 3.05) is 13.7 Å². The normalized spacial score (nSPS) is 11.9. The number of hydrogen-bond acceptors (Lipinski definition) is 5. The summed E-state index contributed by atoms with van der Waals surface area (Å²) in [6, 6.07) is 22.0. The van der Waals surface area contributed by atoms with E-state index in [4.69, 9.17) is 4.74 Å². The number of para-hydroxylation sites is 1. The van der Waals surface area contributed by atoms with E-state index in [1.807, 2.05) is 79.7 Å². The van der Waals surface area contributed by atoms with Crippen LogP contribution in [0.1, 0.15) is 43.0 Å². The van der Waals surface area contributed by atoms with Crippen molar-refractivity contribution in [3.8, 4) is 5.75 Å². The minimum absolute atomic E-state index is 0.0433. The Labute approximate surface area is 223 Å². The number of amides is 2. The quantitative estimate of drug-likeness (QED) is 0.315. The highest BCUT2D eigenvalue weighted by Crippen LogP contribution is 2.26. The molecule has 0 aliphatic heterocycles. The van der Waals surface area contributed by atoms with Crippen molar-refractivity contribution in [2.24, 2.45) is 5.92 Å². The van der Waals surface area contributed by atoms with Crippen LogP contribution in [0.15, 0.2) is 72.8 Å². The lowest BCUT2D eigenvalue weighted by Crippen LogP contribution is -2.45. The number of fused-ring (bicyclic) bond motifs is 1. The van der Waals surface area contributed by atoms with Gasteiger partial charge in [-0.2, -0.15) is 0 Å². The van der Waals surface area contributed by atoms with Crippen molar-refractivity contribution in [1.82, 2.24) is 25.2 Å². The van der Waals surface area contributed by atoms with E-state index in [0.717, 1.165) is 34.4 Å². The molecule has 0 spiro atoms. The first-order valence-corrected chi connectivity index (χ1v) is 12.9. The minimum atomic E-state index is -0.813. The number of nitrogens with zero attached hydrogens (tertiary/aromatic N) is 4. The molecule has 8 heteroatoms. The number of methoxy groups -OCH3 is 1. The molecule has 0 radical (unpaired) electrons. The summed E-state index contributed by atoms with van der Waals surface area (Å²) < 4.78 is 6.88. The van der Waals surface area contributed by atoms with Crippen LogP contribution in [0.2, 0.25) is 0 Å². The van der Waals surface area contributed by atoms with Crippen LogP contribution in [0, 0.1) is 12.8 Å². The van der Waals surface area contributed by atoms with Crippen LogP contribution >= 0.6 is 0 Å². The van der Waals surface area contributed by atoms with E-state index < -0.39 is 6.04 Å². The van der Waals surface area contributed by atoms with Crippen molar-refractivity contribution in [3.63, 3.8) is 0 Å². The summed E-state index contributed by atoms with van der Waals surface area (Å²) >= 11 is 0. The fourth-order valence-electron chi connectivity index (χ4n) is 4.31. The van der Waals surface area contributed by atoms with Gasteiger partial charge in [0, 0.05) is 13.1 Å². The molecule has 4 aromatic rings. The van der Waals surface area contributed by atoms with Crippen molar-refractivity contribution >= 4 is 22.8 Å². The molecule has 0 saturated carbocycles. The van der Waals surface area contributed by atoms with E-state index in [1.54, 1.807) is 16.7 Å². The molecule has 4 rings (SSSR count). The Balaban J connectivity index is 1.71. The second-order valence-corrected chi connectivity index (χ2v) is 9.89. The molecule has 1 N–H and O–H groups in total. The molecule has 198 valence electrons. The van der Waals surface area contributed by atoms with E-state index in [0.29, 0.717) is 18.0 Å². The summed E-state index contributed by atoms with van der Waals surface area (Å²) in [6.45, 7) is 6.97. The van der Waals surface area contributed by atoms with Crippen molar-refractivity contribution in [2.45, 2.75) is 46.3 Å². The average molecular weight is 514 g/mol. The van der Waals surface area contributed by atoms with E-state index in [1.165, 1.54) is 0 Å². The van der Waals surface area contributed by atoms with Crippen molar-refractivity contribution in [1.29, 1.82) is 0 Å². The number of carbonyl (C=O) groups excluding carboxylic acids is 2. The lowest BCUT2D eigenvalue weighted by atomic mass is 10.0. The summed E-state index contributed by atoms with van der Waals surface area (Å²) in [5.74, 6) is 0.730. The van der Waals surface area contributed by atoms with E-state index in [9.17, 15) is 9.59 Å². The first kappa shape index (κ1) is 26.9. The Morgan fingerprint density at radius 3 is 2.39 bits per heavy atom. The Kier molecular flexibility index (Phi) is 8.73. The summed E-state index contributed by atoms with van der Waals surface area (Å²) in [6.07, 6.45) is 0.851. The Hall–Kier alpha value is -4.20. The predicted molar refractivity (Wildman–Crippen MR) is 147 cm³/mol. The second kappa shape index (κ2) is 12.4. The van der Waals surface area contributed by atoms with E-state index >= 15 is 0 Å². The van der Waals surface area contributed by atoms with Crippen molar-refractivity contribution < 1.29 is 14.3 Å². The number of aromatic nitrogens is 3. The molecule has 0 saturated heterocycles. The lowest BCUT2D eigenvalue weighted by Gasteiger charge is -2.32. The third-order valence-electron chi connectivity index (χ3n) is 6.51. The first-order valence-electron chi connectivity index (χ1n) is 12.9. The number of ether oxygens (including phenoxy) is 1. The molecular weight excluding hydrogens is 478 g/mol. The molecular formula is C30H35N5O3. The molecule has 8 nitrogen and oxygen atoms in total. The van der Waals surface area contributed by atoms with Crippen molar-refractivity contribution in [3.05, 3.63) is 89.5 Å². The molecule has 0 fully saturated rings. The monoisotopic (exact) mass is 513 g/mol. The average Bonchev–Trinajstić information content (AvgIpc) is 3.32. The number of aryl methyl sites for hydroxylation is 1. The zero-order chi connectivity index (χ0) is 27.1. The number of carbonyl (C=O) groups is 2. The van der Waals surface area contributed by atoms with Gasteiger partial charge in [0.05, 0.1) is 12.6 Å². The maximum atomic E-state index is 14.0. The van der Waals surface area contributed by atoms with Gasteiger partial charge >= 0.3 is 0 Å². The summed E-state index contributed by atoms with van der Waals surface area (Å²) in [7, 11) is 1.61. The van der Waals surface area contributed by atoms with Gasteiger partial charge in [-0.15, -0.1) is 5.10 Å². The van der Waals surface area contributed by atoms with Gasteiger partial charge in [-0.1, -0.05) is 73.2 Å². The number of rotatable bonds is 11. The molecule has 1 heterocycles. The van der Waals surface area contributed by atoms with Crippen LogP contribution in [0.5, 0.6) is 5.75 Å². The largest absolute Gasteiger partial charge is 0.497 e. The standard InChI is InChI=1S/C30H35N5O3/c1-21(2)17-18-31-30(37)29(24-13-9-22(3)10-14-24)34(19-23-11-15-25(38-4)16-12-23)28(36)20-35-27-8-6-5-7-26(27)32-33-35/h5-16,21,29H,17-20H2,1-4H3,(H,31,37)/t29-/m1/s1. The number of benzene rings is 3. The van der Waals surface area contributed by atoms with Gasteiger partial charge in [0.2, 0.25) is 11.8 Å². The second-order valence-electron chi connectivity index (χ2n) is 9.89. The Morgan fingerprint density at radius 1 is 1.00 bits per heavy atom. The zero-order valence-corrected chi connectivity index (χ0v) is 22.4. The Bertz CT molecular complexity index is 1360. The molecule has 0 unspecified atom stereocenters. The fourth-order valence-corrected chi connectivity index (χ4v) is 4.31. The molecule has 0 aliphatic carbocycles. The van der Waals surface area contributed by atoms with E-state index in [-0.39, 0.29) is 24.9 Å². The minimum Gasteiger partial charge on any atom is -0.497 e. The molecule has 1 atom stereocenters. The summed E-state index contributed by atoms with van der Waals surface area (Å²) in [4.78, 5) is 29.3. The molecule has 0 bridgehead atoms. The lowest BCUT2D eigenvalue weighted by molar-refractivity contribution is -0.142. The maximum absolute atomic E-state index is 14.0. The number of nitrogens with one attached hydrogen (secondary N) is 1. The molecule has 3 aromatic carbocycles. The molecule has 2 amide bonds. The molecule has 0 aliphatic rings. The van der Waals surface area contributed by atoms with E-state index in [2.05, 4.69) is 29.5 Å². The molecule has 38 heavy (non-hydrogen) atoms. The Morgan fingerprint density at radius 2 is 1.71 bits per heavy atom. The number of hydrogen-bond donors (Lipinski definition) is 1. The van der Waals surface area contributed by atoms with Gasteiger partial charge in [0.15, 0.2) is 0 Å². The highest BCUT2D eigenvalue weighted by atomic mass is 16.5. The molecule has 1 aromatic heterocycles. The third-order valence-corrected chi connectivity index (χ3v) is 6.51. The van der Waals surface area contributed by atoms with Crippen LogP contribution in [0.4, 0.5) is 0 Å². The predicted octanol–water partition coefficient (Wildman–Crippen LogP) is 4.68. The van der Waals surface area contributed by atoms with Gasteiger partial charge in [-0.3, -0.25) is 9.59 Å².